The lowest BCUT2D eigenvalue weighted by Gasteiger charge is -2.13. The van der Waals surface area contributed by atoms with Crippen LogP contribution in [-0.2, 0) is 0 Å². The molecule has 0 amide bonds. The van der Waals surface area contributed by atoms with Gasteiger partial charge >= 0.3 is 0 Å². The standard InChI is InChI=1S/C13H17FN6O/c1-15-11-17-12(19-13(18-11)20(2)3)16-8-5-6-9(14)10(7-8)21-4/h5-7H,1-4H3,(H2,15,16,17,18,19). The van der Waals surface area contributed by atoms with Crippen LogP contribution in [0.2, 0.25) is 0 Å². The van der Waals surface area contributed by atoms with Crippen LogP contribution in [0.3, 0.4) is 0 Å². The molecule has 1 heterocycles. The van der Waals surface area contributed by atoms with Gasteiger partial charge in [-0.15, -0.1) is 0 Å². The van der Waals surface area contributed by atoms with Crippen molar-refractivity contribution < 1.29 is 9.13 Å². The monoisotopic (exact) mass is 292 g/mol. The minimum Gasteiger partial charge on any atom is -0.494 e. The molecular weight excluding hydrogens is 275 g/mol. The van der Waals surface area contributed by atoms with Gasteiger partial charge in [0.2, 0.25) is 17.8 Å². The maximum atomic E-state index is 13.4. The first-order valence-corrected chi connectivity index (χ1v) is 6.25. The van der Waals surface area contributed by atoms with Gasteiger partial charge in [-0.05, 0) is 12.1 Å². The second-order valence-electron chi connectivity index (χ2n) is 4.40. The summed E-state index contributed by atoms with van der Waals surface area (Å²) in [5.41, 5.74) is 0.617. The van der Waals surface area contributed by atoms with Crippen molar-refractivity contribution in [2.45, 2.75) is 0 Å². The van der Waals surface area contributed by atoms with Gasteiger partial charge in [0.15, 0.2) is 11.6 Å². The van der Waals surface area contributed by atoms with Crippen molar-refractivity contribution in [1.29, 1.82) is 0 Å². The lowest BCUT2D eigenvalue weighted by Crippen LogP contribution is -2.15. The Kier molecular flexibility index (Phi) is 4.36. The Morgan fingerprint density at radius 1 is 1.14 bits per heavy atom. The van der Waals surface area contributed by atoms with E-state index in [-0.39, 0.29) is 5.75 Å². The molecule has 0 fully saturated rings. The maximum Gasteiger partial charge on any atom is 0.233 e. The van der Waals surface area contributed by atoms with Crippen molar-refractivity contribution in [2.24, 2.45) is 0 Å². The van der Waals surface area contributed by atoms with E-state index in [1.165, 1.54) is 19.2 Å². The van der Waals surface area contributed by atoms with Crippen LogP contribution in [0.25, 0.3) is 0 Å². The van der Waals surface area contributed by atoms with Gasteiger partial charge in [-0.25, -0.2) is 4.39 Å². The number of methoxy groups -OCH3 is 1. The number of nitrogens with zero attached hydrogens (tertiary/aromatic N) is 4. The van der Waals surface area contributed by atoms with Crippen LogP contribution in [-0.4, -0.2) is 43.2 Å². The van der Waals surface area contributed by atoms with E-state index in [2.05, 4.69) is 25.6 Å². The molecule has 1 aromatic heterocycles. The van der Waals surface area contributed by atoms with E-state index < -0.39 is 5.82 Å². The van der Waals surface area contributed by atoms with Crippen molar-refractivity contribution in [3.8, 4) is 5.75 Å². The number of anilines is 4. The fourth-order valence-electron chi connectivity index (χ4n) is 1.60. The number of halogens is 1. The molecule has 0 bridgehead atoms. The van der Waals surface area contributed by atoms with E-state index in [9.17, 15) is 4.39 Å². The first kappa shape index (κ1) is 14.8. The van der Waals surface area contributed by atoms with Gasteiger partial charge in [0.05, 0.1) is 7.11 Å². The summed E-state index contributed by atoms with van der Waals surface area (Å²) < 4.78 is 18.3. The fraction of sp³-hybridized carbons (Fsp3) is 0.308. The molecule has 112 valence electrons. The zero-order valence-corrected chi connectivity index (χ0v) is 12.3. The summed E-state index contributed by atoms with van der Waals surface area (Å²) in [6.07, 6.45) is 0. The minimum absolute atomic E-state index is 0.149. The molecule has 0 saturated carbocycles. The third kappa shape index (κ3) is 3.47. The van der Waals surface area contributed by atoms with Gasteiger partial charge in [-0.1, -0.05) is 0 Å². The molecule has 0 aliphatic carbocycles. The van der Waals surface area contributed by atoms with Crippen LogP contribution in [0.15, 0.2) is 18.2 Å². The van der Waals surface area contributed by atoms with E-state index in [4.69, 9.17) is 4.74 Å². The minimum atomic E-state index is -0.427. The summed E-state index contributed by atoms with van der Waals surface area (Å²) in [5, 5.41) is 5.87. The zero-order valence-electron chi connectivity index (χ0n) is 12.3. The quantitative estimate of drug-likeness (QED) is 0.871. The molecule has 0 atom stereocenters. The third-order valence-electron chi connectivity index (χ3n) is 2.65. The Hall–Kier alpha value is -2.64. The molecule has 2 N–H and O–H groups in total. The first-order valence-electron chi connectivity index (χ1n) is 6.25. The molecule has 0 saturated heterocycles. The molecule has 0 aliphatic heterocycles. The van der Waals surface area contributed by atoms with Crippen molar-refractivity contribution in [2.75, 3.05) is 43.8 Å². The van der Waals surface area contributed by atoms with Crippen molar-refractivity contribution in [3.05, 3.63) is 24.0 Å². The molecule has 0 aliphatic rings. The molecule has 21 heavy (non-hydrogen) atoms. The molecule has 0 radical (unpaired) electrons. The Morgan fingerprint density at radius 3 is 2.48 bits per heavy atom. The van der Waals surface area contributed by atoms with Crippen LogP contribution >= 0.6 is 0 Å². The van der Waals surface area contributed by atoms with Crippen LogP contribution < -0.4 is 20.3 Å². The lowest BCUT2D eigenvalue weighted by molar-refractivity contribution is 0.387. The number of hydrogen-bond donors (Lipinski definition) is 2. The smallest absolute Gasteiger partial charge is 0.233 e. The summed E-state index contributed by atoms with van der Waals surface area (Å²) in [7, 11) is 6.80. The molecule has 0 unspecified atom stereocenters. The summed E-state index contributed by atoms with van der Waals surface area (Å²) in [4.78, 5) is 14.4. The Balaban J connectivity index is 2.32. The molecule has 0 spiro atoms. The van der Waals surface area contributed by atoms with Crippen LogP contribution in [0.4, 0.5) is 27.9 Å². The van der Waals surface area contributed by atoms with Crippen molar-refractivity contribution in [1.82, 2.24) is 15.0 Å². The average Bonchev–Trinajstić information content (AvgIpc) is 2.48. The van der Waals surface area contributed by atoms with Crippen LogP contribution in [0.5, 0.6) is 5.75 Å². The SMILES string of the molecule is CNc1nc(Nc2ccc(F)c(OC)c2)nc(N(C)C)n1. The first-order chi connectivity index (χ1) is 10.0. The Labute approximate surface area is 122 Å². The van der Waals surface area contributed by atoms with Gasteiger partial charge in [-0.2, -0.15) is 15.0 Å². The van der Waals surface area contributed by atoms with Gasteiger partial charge in [0.25, 0.3) is 0 Å². The topological polar surface area (TPSA) is 75.2 Å². The van der Waals surface area contributed by atoms with E-state index in [0.717, 1.165) is 0 Å². The number of benzene rings is 1. The number of rotatable bonds is 5. The molecule has 2 rings (SSSR count). The maximum absolute atomic E-state index is 13.4. The molecule has 7 nitrogen and oxygen atoms in total. The highest BCUT2D eigenvalue weighted by molar-refractivity contribution is 5.58. The van der Waals surface area contributed by atoms with Crippen LogP contribution in [0.1, 0.15) is 0 Å². The fourth-order valence-corrected chi connectivity index (χ4v) is 1.60. The van der Waals surface area contributed by atoms with E-state index >= 15 is 0 Å². The predicted molar refractivity (Wildman–Crippen MR) is 79.9 cm³/mol. The summed E-state index contributed by atoms with van der Waals surface area (Å²) in [6.45, 7) is 0. The van der Waals surface area contributed by atoms with Gasteiger partial charge in [0.1, 0.15) is 0 Å². The predicted octanol–water partition coefficient (Wildman–Crippen LogP) is 1.87. The lowest BCUT2D eigenvalue weighted by atomic mass is 10.3. The summed E-state index contributed by atoms with van der Waals surface area (Å²) in [5.74, 6) is 1.02. The second-order valence-corrected chi connectivity index (χ2v) is 4.40. The second kappa shape index (κ2) is 6.21. The molecule has 1 aromatic carbocycles. The largest absolute Gasteiger partial charge is 0.494 e. The highest BCUT2D eigenvalue weighted by Gasteiger charge is 2.09. The highest BCUT2D eigenvalue weighted by Crippen LogP contribution is 2.23. The molecule has 8 heteroatoms. The van der Waals surface area contributed by atoms with Gasteiger partial charge in [-0.3, -0.25) is 0 Å². The Bertz CT molecular complexity index is 634. The van der Waals surface area contributed by atoms with E-state index in [0.29, 0.717) is 23.5 Å². The average molecular weight is 292 g/mol. The van der Waals surface area contributed by atoms with E-state index in [1.54, 1.807) is 18.0 Å². The normalized spacial score (nSPS) is 10.1. The van der Waals surface area contributed by atoms with Crippen molar-refractivity contribution >= 4 is 23.5 Å². The molecule has 2 aromatic rings. The number of hydrogen-bond acceptors (Lipinski definition) is 7. The van der Waals surface area contributed by atoms with Crippen molar-refractivity contribution in [3.63, 3.8) is 0 Å². The van der Waals surface area contributed by atoms with Gasteiger partial charge < -0.3 is 20.3 Å². The summed E-state index contributed by atoms with van der Waals surface area (Å²) in [6, 6.07) is 4.43. The third-order valence-corrected chi connectivity index (χ3v) is 2.65. The Morgan fingerprint density at radius 2 is 1.86 bits per heavy atom. The highest BCUT2D eigenvalue weighted by atomic mass is 19.1. The molecular formula is C13H17FN6O. The van der Waals surface area contributed by atoms with E-state index in [1.807, 2.05) is 14.1 Å². The van der Waals surface area contributed by atoms with Crippen LogP contribution in [0, 0.1) is 5.82 Å². The zero-order chi connectivity index (χ0) is 15.4. The number of nitrogens with one attached hydrogen (secondary N) is 2. The van der Waals surface area contributed by atoms with Gasteiger partial charge in [0, 0.05) is 32.9 Å². The number of aromatic nitrogens is 3. The summed E-state index contributed by atoms with van der Waals surface area (Å²) >= 11 is 0. The number of ether oxygens (including phenoxy) is 1.